The first-order valence-corrected chi connectivity index (χ1v) is 9.45. The molecule has 2 aliphatic heterocycles. The summed E-state index contributed by atoms with van der Waals surface area (Å²) in [5, 5.41) is 0. The molecule has 2 aliphatic rings. The number of nitrogens with zero attached hydrogens (tertiary/aromatic N) is 2. The molecule has 4 heterocycles. The minimum atomic E-state index is 0.0175. The molecular formula is C20H27N3O2. The molecule has 134 valence electrons. The van der Waals surface area contributed by atoms with Crippen molar-refractivity contribution in [3.63, 3.8) is 0 Å². The minimum absolute atomic E-state index is 0.0175. The van der Waals surface area contributed by atoms with Crippen LogP contribution in [-0.2, 0) is 6.54 Å². The number of furan rings is 1. The van der Waals surface area contributed by atoms with Crippen molar-refractivity contribution >= 4 is 0 Å². The zero-order chi connectivity index (χ0) is 17.1. The van der Waals surface area contributed by atoms with E-state index in [4.69, 9.17) is 4.42 Å². The van der Waals surface area contributed by atoms with Crippen molar-refractivity contribution in [3.05, 3.63) is 58.4 Å². The second-order valence-corrected chi connectivity index (χ2v) is 7.38. The molecule has 2 fully saturated rings. The van der Waals surface area contributed by atoms with Crippen molar-refractivity contribution in [1.82, 2.24) is 14.8 Å². The lowest BCUT2D eigenvalue weighted by Gasteiger charge is -2.41. The molecule has 5 nitrogen and oxygen atoms in total. The maximum absolute atomic E-state index is 11.5. The summed E-state index contributed by atoms with van der Waals surface area (Å²) in [7, 11) is 0. The number of hydrogen-bond acceptors (Lipinski definition) is 4. The van der Waals surface area contributed by atoms with E-state index in [2.05, 4.69) is 26.9 Å². The monoisotopic (exact) mass is 341 g/mol. The Kier molecular flexibility index (Phi) is 5.04. The summed E-state index contributed by atoms with van der Waals surface area (Å²) in [5.74, 6) is 1.61. The van der Waals surface area contributed by atoms with Gasteiger partial charge in [0.25, 0.3) is 0 Å². The zero-order valence-electron chi connectivity index (χ0n) is 14.7. The van der Waals surface area contributed by atoms with Crippen LogP contribution < -0.4 is 5.56 Å². The summed E-state index contributed by atoms with van der Waals surface area (Å²) in [6.07, 6.45) is 8.35. The third-order valence-electron chi connectivity index (χ3n) is 5.83. The summed E-state index contributed by atoms with van der Waals surface area (Å²) >= 11 is 0. The molecular weight excluding hydrogens is 314 g/mol. The Morgan fingerprint density at radius 3 is 2.56 bits per heavy atom. The third-order valence-corrected chi connectivity index (χ3v) is 5.83. The van der Waals surface area contributed by atoms with E-state index in [0.29, 0.717) is 12.0 Å². The average molecular weight is 341 g/mol. The SMILES string of the molecule is O=c1cc(C2CCN(C3CCN(Cc4ccco4)CC3)CC2)cc[nH]1. The normalized spacial score (nSPS) is 21.6. The fraction of sp³-hybridized carbons (Fsp3) is 0.550. The molecule has 0 amide bonds. The van der Waals surface area contributed by atoms with Crippen molar-refractivity contribution in [2.24, 2.45) is 0 Å². The van der Waals surface area contributed by atoms with Crippen LogP contribution in [0.1, 0.15) is 42.9 Å². The maximum atomic E-state index is 11.5. The van der Waals surface area contributed by atoms with Crippen LogP contribution in [0.2, 0.25) is 0 Å². The average Bonchev–Trinajstić information content (AvgIpc) is 3.16. The van der Waals surface area contributed by atoms with E-state index in [0.717, 1.165) is 51.3 Å². The highest BCUT2D eigenvalue weighted by Gasteiger charge is 2.28. The molecule has 0 unspecified atom stereocenters. The molecule has 0 aromatic carbocycles. The number of likely N-dealkylation sites (tertiary alicyclic amines) is 2. The minimum Gasteiger partial charge on any atom is -0.468 e. The standard InChI is InChI=1S/C20H27N3O2/c24-20-14-17(3-8-21-20)16-4-11-23(12-5-16)18-6-9-22(10-7-18)15-19-2-1-13-25-19/h1-3,8,13-14,16,18H,4-7,9-12,15H2,(H,21,24). The Hall–Kier alpha value is -1.85. The van der Waals surface area contributed by atoms with Crippen molar-refractivity contribution in [2.45, 2.75) is 44.2 Å². The third kappa shape index (κ3) is 4.05. The van der Waals surface area contributed by atoms with E-state index in [-0.39, 0.29) is 5.56 Å². The molecule has 2 aromatic rings. The molecule has 0 bridgehead atoms. The molecule has 0 radical (unpaired) electrons. The lowest BCUT2D eigenvalue weighted by Crippen LogP contribution is -2.47. The van der Waals surface area contributed by atoms with Gasteiger partial charge in [0.1, 0.15) is 5.76 Å². The van der Waals surface area contributed by atoms with Gasteiger partial charge in [0.2, 0.25) is 5.56 Å². The van der Waals surface area contributed by atoms with Gasteiger partial charge in [-0.3, -0.25) is 9.69 Å². The van der Waals surface area contributed by atoms with Gasteiger partial charge in [-0.2, -0.15) is 0 Å². The van der Waals surface area contributed by atoms with E-state index in [1.807, 2.05) is 6.07 Å². The van der Waals surface area contributed by atoms with E-state index in [1.165, 1.54) is 18.4 Å². The Morgan fingerprint density at radius 2 is 1.88 bits per heavy atom. The lowest BCUT2D eigenvalue weighted by molar-refractivity contribution is 0.0818. The number of hydrogen-bond donors (Lipinski definition) is 1. The van der Waals surface area contributed by atoms with Crippen LogP contribution >= 0.6 is 0 Å². The molecule has 1 N–H and O–H groups in total. The van der Waals surface area contributed by atoms with Gasteiger partial charge < -0.3 is 14.3 Å². The first kappa shape index (κ1) is 16.6. The molecule has 0 atom stereocenters. The molecule has 0 aliphatic carbocycles. The fourth-order valence-corrected chi connectivity index (χ4v) is 4.38. The van der Waals surface area contributed by atoms with E-state index < -0.39 is 0 Å². The van der Waals surface area contributed by atoms with E-state index in [9.17, 15) is 4.79 Å². The number of aromatic nitrogens is 1. The van der Waals surface area contributed by atoms with Crippen LogP contribution in [0.15, 0.2) is 45.9 Å². The molecule has 0 saturated carbocycles. The first-order chi connectivity index (χ1) is 12.3. The topological polar surface area (TPSA) is 52.5 Å². The van der Waals surface area contributed by atoms with Gasteiger partial charge in [-0.25, -0.2) is 0 Å². The van der Waals surface area contributed by atoms with Gasteiger partial charge in [-0.15, -0.1) is 0 Å². The summed E-state index contributed by atoms with van der Waals surface area (Å²) in [6.45, 7) is 5.55. The number of H-pyrrole nitrogens is 1. The van der Waals surface area contributed by atoms with Gasteiger partial charge in [0, 0.05) is 31.4 Å². The van der Waals surface area contributed by atoms with Gasteiger partial charge in [-0.1, -0.05) is 0 Å². The number of aromatic amines is 1. The van der Waals surface area contributed by atoms with Crippen LogP contribution in [0.25, 0.3) is 0 Å². The van der Waals surface area contributed by atoms with Crippen molar-refractivity contribution in [2.75, 3.05) is 26.2 Å². The summed E-state index contributed by atoms with van der Waals surface area (Å²) in [5.41, 5.74) is 1.22. The number of piperidine rings is 2. The fourth-order valence-electron chi connectivity index (χ4n) is 4.38. The number of pyridine rings is 1. The summed E-state index contributed by atoms with van der Waals surface area (Å²) in [4.78, 5) is 19.4. The second kappa shape index (κ2) is 7.58. The molecule has 5 heteroatoms. The molecule has 2 saturated heterocycles. The Labute approximate surface area is 148 Å². The van der Waals surface area contributed by atoms with Gasteiger partial charge in [0.15, 0.2) is 0 Å². The highest BCUT2D eigenvalue weighted by Crippen LogP contribution is 2.30. The summed E-state index contributed by atoms with van der Waals surface area (Å²) < 4.78 is 5.47. The predicted molar refractivity (Wildman–Crippen MR) is 97.6 cm³/mol. The van der Waals surface area contributed by atoms with Crippen molar-refractivity contribution in [1.29, 1.82) is 0 Å². The van der Waals surface area contributed by atoms with Crippen LogP contribution in [0.3, 0.4) is 0 Å². The largest absolute Gasteiger partial charge is 0.468 e. The highest BCUT2D eigenvalue weighted by molar-refractivity contribution is 5.16. The molecule has 4 rings (SSSR count). The van der Waals surface area contributed by atoms with Crippen molar-refractivity contribution < 1.29 is 4.42 Å². The van der Waals surface area contributed by atoms with Gasteiger partial charge in [-0.05, 0) is 68.5 Å². The lowest BCUT2D eigenvalue weighted by atomic mass is 9.88. The molecule has 25 heavy (non-hydrogen) atoms. The van der Waals surface area contributed by atoms with Gasteiger partial charge in [0.05, 0.1) is 12.8 Å². The van der Waals surface area contributed by atoms with Crippen LogP contribution in [0.4, 0.5) is 0 Å². The summed E-state index contributed by atoms with van der Waals surface area (Å²) in [6, 6.07) is 8.58. The van der Waals surface area contributed by atoms with Gasteiger partial charge >= 0.3 is 0 Å². The Bertz CT molecular complexity index is 709. The van der Waals surface area contributed by atoms with Crippen molar-refractivity contribution in [3.8, 4) is 0 Å². The van der Waals surface area contributed by atoms with E-state index >= 15 is 0 Å². The quantitative estimate of drug-likeness (QED) is 0.929. The maximum Gasteiger partial charge on any atom is 0.248 e. The van der Waals surface area contributed by atoms with E-state index in [1.54, 1.807) is 18.5 Å². The Morgan fingerprint density at radius 1 is 1.08 bits per heavy atom. The van der Waals surface area contributed by atoms with Crippen LogP contribution in [0.5, 0.6) is 0 Å². The predicted octanol–water partition coefficient (Wildman–Crippen LogP) is 2.81. The number of rotatable bonds is 4. The zero-order valence-corrected chi connectivity index (χ0v) is 14.7. The van der Waals surface area contributed by atoms with Crippen LogP contribution in [-0.4, -0.2) is 47.0 Å². The first-order valence-electron chi connectivity index (χ1n) is 9.45. The second-order valence-electron chi connectivity index (χ2n) is 7.38. The number of nitrogens with one attached hydrogen (secondary N) is 1. The highest BCUT2D eigenvalue weighted by atomic mass is 16.3. The van der Waals surface area contributed by atoms with Crippen LogP contribution in [0, 0.1) is 0 Å². The molecule has 2 aromatic heterocycles. The Balaban J connectivity index is 1.25. The smallest absolute Gasteiger partial charge is 0.248 e. The molecule has 0 spiro atoms.